The number of methoxy groups -OCH3 is 1. The van der Waals surface area contributed by atoms with Crippen LogP contribution in [0.3, 0.4) is 0 Å². The molecule has 3 N–H and O–H groups in total. The second-order valence-corrected chi connectivity index (χ2v) is 7.04. The zero-order valence-corrected chi connectivity index (χ0v) is 16.9. The maximum Gasteiger partial charge on any atom is 0.278 e. The summed E-state index contributed by atoms with van der Waals surface area (Å²) in [6.07, 6.45) is -1.45. The molecule has 3 aromatic rings. The maximum atomic E-state index is 12.3. The van der Waals surface area contributed by atoms with E-state index in [1.54, 1.807) is 17.6 Å². The van der Waals surface area contributed by atoms with Gasteiger partial charge in [0.05, 0.1) is 6.61 Å². The van der Waals surface area contributed by atoms with Crippen molar-refractivity contribution in [1.82, 2.24) is 5.48 Å². The van der Waals surface area contributed by atoms with Crippen LogP contribution in [0.2, 0.25) is 0 Å². The monoisotopic (exact) mass is 411 g/mol. The van der Waals surface area contributed by atoms with Gasteiger partial charge in [0.25, 0.3) is 5.91 Å². The molecule has 0 saturated heterocycles. The van der Waals surface area contributed by atoms with E-state index in [9.17, 15) is 15.1 Å². The van der Waals surface area contributed by atoms with Crippen molar-refractivity contribution >= 4 is 5.91 Å². The standard InChI is InChI=1S/C23H25NO6/c1-23(22(26)24-27,21(25)20-13-12-19(30-20)15-28-2)29-14-16-8-10-18(11-9-16)17-6-4-3-5-7-17/h3-13,21,25,27H,14-15H2,1-2H3,(H,24,26)/t21-,23+/m1/s1. The third-order valence-corrected chi connectivity index (χ3v) is 4.91. The minimum atomic E-state index is -1.78. The van der Waals surface area contributed by atoms with E-state index in [0.717, 1.165) is 16.7 Å². The number of furan rings is 1. The lowest BCUT2D eigenvalue weighted by atomic mass is 9.95. The Balaban J connectivity index is 1.75. The summed E-state index contributed by atoms with van der Waals surface area (Å²) in [5.41, 5.74) is 2.73. The molecular weight excluding hydrogens is 386 g/mol. The van der Waals surface area contributed by atoms with Crippen LogP contribution < -0.4 is 5.48 Å². The molecule has 158 valence electrons. The van der Waals surface area contributed by atoms with Crippen molar-refractivity contribution in [3.63, 3.8) is 0 Å². The van der Waals surface area contributed by atoms with Gasteiger partial charge in [0.15, 0.2) is 5.60 Å². The molecule has 1 heterocycles. The van der Waals surface area contributed by atoms with Gasteiger partial charge in [-0.25, -0.2) is 5.48 Å². The zero-order chi connectivity index (χ0) is 21.6. The second-order valence-electron chi connectivity index (χ2n) is 7.04. The van der Waals surface area contributed by atoms with Crippen molar-refractivity contribution in [2.24, 2.45) is 0 Å². The summed E-state index contributed by atoms with van der Waals surface area (Å²) in [7, 11) is 1.52. The van der Waals surface area contributed by atoms with E-state index in [-0.39, 0.29) is 19.0 Å². The van der Waals surface area contributed by atoms with Crippen molar-refractivity contribution in [3.05, 3.63) is 83.8 Å². The molecule has 2 atom stereocenters. The highest BCUT2D eigenvalue weighted by atomic mass is 16.5. The van der Waals surface area contributed by atoms with Crippen LogP contribution >= 0.6 is 0 Å². The molecule has 30 heavy (non-hydrogen) atoms. The van der Waals surface area contributed by atoms with Gasteiger partial charge in [0.1, 0.15) is 24.2 Å². The Hall–Kier alpha value is -2.97. The molecule has 1 amide bonds. The summed E-state index contributed by atoms with van der Waals surface area (Å²) < 4.78 is 16.3. The number of benzene rings is 2. The zero-order valence-electron chi connectivity index (χ0n) is 16.9. The van der Waals surface area contributed by atoms with Gasteiger partial charge in [-0.1, -0.05) is 54.6 Å². The molecule has 0 aliphatic rings. The number of hydroxylamine groups is 1. The Labute approximate surface area is 174 Å². The first-order valence-electron chi connectivity index (χ1n) is 9.46. The number of aliphatic hydroxyl groups is 1. The van der Waals surface area contributed by atoms with Crippen LogP contribution in [0.4, 0.5) is 0 Å². The number of nitrogens with one attached hydrogen (secondary N) is 1. The molecule has 7 heteroatoms. The van der Waals surface area contributed by atoms with E-state index in [1.807, 2.05) is 54.6 Å². The van der Waals surface area contributed by atoms with Crippen LogP contribution in [0, 0.1) is 0 Å². The largest absolute Gasteiger partial charge is 0.461 e. The van der Waals surface area contributed by atoms with Gasteiger partial charge in [-0.2, -0.15) is 0 Å². The third kappa shape index (κ3) is 4.77. The predicted octanol–water partition coefficient (Wildman–Crippen LogP) is 3.61. The molecule has 1 aromatic heterocycles. The van der Waals surface area contributed by atoms with Crippen molar-refractivity contribution in [3.8, 4) is 11.1 Å². The topological polar surface area (TPSA) is 101 Å². The Morgan fingerprint density at radius 1 is 1.03 bits per heavy atom. The van der Waals surface area contributed by atoms with Crippen LogP contribution in [0.5, 0.6) is 0 Å². The highest BCUT2D eigenvalue weighted by molar-refractivity contribution is 5.84. The van der Waals surface area contributed by atoms with Gasteiger partial charge < -0.3 is 19.0 Å². The van der Waals surface area contributed by atoms with E-state index in [1.165, 1.54) is 14.0 Å². The number of ether oxygens (including phenoxy) is 2. The fourth-order valence-corrected chi connectivity index (χ4v) is 3.07. The molecule has 7 nitrogen and oxygen atoms in total. The van der Waals surface area contributed by atoms with Crippen molar-refractivity contribution in [1.29, 1.82) is 0 Å². The van der Waals surface area contributed by atoms with Crippen LogP contribution in [0.1, 0.15) is 30.1 Å². The first kappa shape index (κ1) is 21.7. The number of amides is 1. The SMILES string of the molecule is COCc1ccc([C@@H](O)[C@](C)(OCc2ccc(-c3ccccc3)cc2)C(=O)NO)o1. The number of carbonyl (C=O) groups excluding carboxylic acids is 1. The van der Waals surface area contributed by atoms with Gasteiger partial charge in [0, 0.05) is 7.11 Å². The van der Waals surface area contributed by atoms with Gasteiger partial charge in [-0.3, -0.25) is 10.0 Å². The molecule has 0 spiro atoms. The van der Waals surface area contributed by atoms with Crippen molar-refractivity contribution in [2.75, 3.05) is 7.11 Å². The Morgan fingerprint density at radius 3 is 2.33 bits per heavy atom. The molecule has 3 rings (SSSR count). The predicted molar refractivity (Wildman–Crippen MR) is 109 cm³/mol. The lowest BCUT2D eigenvalue weighted by molar-refractivity contribution is -0.175. The number of rotatable bonds is 9. The highest BCUT2D eigenvalue weighted by Crippen LogP contribution is 2.32. The Bertz CT molecular complexity index is 953. The van der Waals surface area contributed by atoms with Crippen molar-refractivity contribution in [2.45, 2.75) is 31.8 Å². The van der Waals surface area contributed by atoms with E-state index in [0.29, 0.717) is 5.76 Å². The summed E-state index contributed by atoms with van der Waals surface area (Å²) in [5.74, 6) is -0.261. The van der Waals surface area contributed by atoms with Gasteiger partial charge >= 0.3 is 0 Å². The Morgan fingerprint density at radius 2 is 1.70 bits per heavy atom. The third-order valence-electron chi connectivity index (χ3n) is 4.91. The highest BCUT2D eigenvalue weighted by Gasteiger charge is 2.44. The summed E-state index contributed by atoms with van der Waals surface area (Å²) in [4.78, 5) is 12.3. The second kappa shape index (κ2) is 9.69. The molecule has 0 aliphatic heterocycles. The van der Waals surface area contributed by atoms with E-state index in [2.05, 4.69) is 0 Å². The molecule has 0 fully saturated rings. The molecule has 0 saturated carbocycles. The van der Waals surface area contributed by atoms with Gasteiger partial charge in [-0.15, -0.1) is 0 Å². The summed E-state index contributed by atoms with van der Waals surface area (Å²) >= 11 is 0. The minimum Gasteiger partial charge on any atom is -0.461 e. The minimum absolute atomic E-state index is 0.0433. The lowest BCUT2D eigenvalue weighted by Gasteiger charge is -2.31. The van der Waals surface area contributed by atoms with Gasteiger partial charge in [0.2, 0.25) is 0 Å². The number of hydrogen-bond donors (Lipinski definition) is 3. The van der Waals surface area contributed by atoms with Crippen LogP contribution in [0.25, 0.3) is 11.1 Å². The molecule has 0 radical (unpaired) electrons. The van der Waals surface area contributed by atoms with Crippen LogP contribution in [-0.2, 0) is 27.5 Å². The smallest absolute Gasteiger partial charge is 0.278 e. The molecule has 0 unspecified atom stereocenters. The Kier molecular flexibility index (Phi) is 7.02. The summed E-state index contributed by atoms with van der Waals surface area (Å²) in [6.45, 7) is 1.66. The van der Waals surface area contributed by atoms with Crippen LogP contribution in [-0.4, -0.2) is 28.9 Å². The summed E-state index contributed by atoms with van der Waals surface area (Å²) in [6, 6.07) is 20.8. The lowest BCUT2D eigenvalue weighted by Crippen LogP contribution is -2.49. The molecular formula is C23H25NO6. The average molecular weight is 411 g/mol. The first-order chi connectivity index (χ1) is 14.5. The number of aliphatic hydroxyl groups excluding tert-OH is 1. The maximum absolute atomic E-state index is 12.3. The van der Waals surface area contributed by atoms with Gasteiger partial charge in [-0.05, 0) is 35.7 Å². The molecule has 0 aliphatic carbocycles. The average Bonchev–Trinajstić information content (AvgIpc) is 3.26. The fraction of sp³-hybridized carbons (Fsp3) is 0.261. The van der Waals surface area contributed by atoms with E-state index < -0.39 is 17.6 Å². The molecule has 2 aromatic carbocycles. The normalized spacial score (nSPS) is 14.1. The quantitative estimate of drug-likeness (QED) is 0.367. The summed E-state index contributed by atoms with van der Waals surface area (Å²) in [5, 5.41) is 19.9. The van der Waals surface area contributed by atoms with Crippen LogP contribution in [0.15, 0.2) is 71.1 Å². The van der Waals surface area contributed by atoms with E-state index >= 15 is 0 Å². The first-order valence-corrected chi connectivity index (χ1v) is 9.46. The number of carbonyl (C=O) groups is 1. The van der Waals surface area contributed by atoms with E-state index in [4.69, 9.17) is 13.9 Å². The van der Waals surface area contributed by atoms with Crippen molar-refractivity contribution < 1.29 is 29.0 Å². The number of hydrogen-bond acceptors (Lipinski definition) is 6. The molecule has 0 bridgehead atoms. The fourth-order valence-electron chi connectivity index (χ4n) is 3.07.